The molecule has 44 valence electrons. The van der Waals surface area contributed by atoms with Crippen LogP contribution < -0.4 is 5.14 Å². The normalized spacial score (nSPS) is 14.0. The summed E-state index contributed by atoms with van der Waals surface area (Å²) < 4.78 is 21.1. The van der Waals surface area contributed by atoms with Gasteiger partial charge in [-0.2, -0.15) is 0 Å². The number of nitrogens with two attached hydrogens (primary N) is 1. The van der Waals surface area contributed by atoms with Gasteiger partial charge in [0, 0.05) is 5.75 Å². The van der Waals surface area contributed by atoms with Crippen molar-refractivity contribution in [3.05, 3.63) is 0 Å². The van der Waals surface area contributed by atoms with Gasteiger partial charge in [0.15, 0.2) is 0 Å². The van der Waals surface area contributed by atoms with E-state index in [0.717, 1.165) is 0 Å². The van der Waals surface area contributed by atoms with Crippen molar-refractivity contribution < 1.29 is 8.60 Å². The molecule has 0 fully saturated rings. The fourth-order valence-electron chi connectivity index (χ4n) is 0.197. The van der Waals surface area contributed by atoms with Crippen molar-refractivity contribution in [3.8, 4) is 0 Å². The first-order chi connectivity index (χ1) is 3.27. The first-order valence-electron chi connectivity index (χ1n) is 1.96. The Morgan fingerprint density at radius 1 is 1.71 bits per heavy atom. The highest BCUT2D eigenvalue weighted by atomic mass is 32.2. The highest BCUT2D eigenvalue weighted by Crippen LogP contribution is 1.80. The molecule has 1 atom stereocenters. The lowest BCUT2D eigenvalue weighted by Crippen LogP contribution is -2.07. The third-order valence-corrected chi connectivity index (χ3v) is 1.17. The van der Waals surface area contributed by atoms with E-state index in [0.29, 0.717) is 6.42 Å². The maximum Gasteiger partial charge on any atom is 0.0903 e. The Labute approximate surface area is 44.5 Å². The third kappa shape index (κ3) is 6.04. The van der Waals surface area contributed by atoms with Gasteiger partial charge in [0.05, 0.1) is 17.7 Å². The van der Waals surface area contributed by atoms with E-state index in [1.54, 1.807) is 0 Å². The van der Waals surface area contributed by atoms with Crippen molar-refractivity contribution in [2.45, 2.75) is 6.42 Å². The predicted molar refractivity (Wildman–Crippen MR) is 27.8 cm³/mol. The van der Waals surface area contributed by atoms with E-state index in [-0.39, 0.29) is 5.75 Å². The zero-order valence-electron chi connectivity index (χ0n) is 3.89. The van der Waals surface area contributed by atoms with Gasteiger partial charge in [0.2, 0.25) is 0 Å². The molecule has 0 saturated heterocycles. The summed E-state index contributed by atoms with van der Waals surface area (Å²) in [6, 6.07) is 0. The topological polar surface area (TPSA) is 43.1 Å². The molecule has 0 aromatic heterocycles. The van der Waals surface area contributed by atoms with Crippen LogP contribution in [0.3, 0.4) is 0 Å². The summed E-state index contributed by atoms with van der Waals surface area (Å²) in [4.78, 5) is 0. The molecular weight excluding hydrogens is 117 g/mol. The van der Waals surface area contributed by atoms with Gasteiger partial charge in [-0.05, 0) is 6.42 Å². The monoisotopic (exact) mass is 125 g/mol. The summed E-state index contributed by atoms with van der Waals surface area (Å²) in [5, 5.41) is 4.78. The van der Waals surface area contributed by atoms with Gasteiger partial charge in [0.25, 0.3) is 0 Å². The van der Waals surface area contributed by atoms with Crippen LogP contribution in [0.25, 0.3) is 0 Å². The van der Waals surface area contributed by atoms with Crippen LogP contribution in [0.2, 0.25) is 0 Å². The lowest BCUT2D eigenvalue weighted by molar-refractivity contribution is 0.488. The van der Waals surface area contributed by atoms with Crippen LogP contribution in [0.1, 0.15) is 6.42 Å². The first-order valence-corrected chi connectivity index (χ1v) is 3.34. The molecule has 0 rings (SSSR count). The average molecular weight is 125 g/mol. The second kappa shape index (κ2) is 4.21. The molecule has 2 N–H and O–H groups in total. The van der Waals surface area contributed by atoms with E-state index in [4.69, 9.17) is 5.14 Å². The van der Waals surface area contributed by atoms with Crippen molar-refractivity contribution in [2.24, 2.45) is 5.14 Å². The van der Waals surface area contributed by atoms with Crippen molar-refractivity contribution in [2.75, 3.05) is 12.4 Å². The summed E-state index contributed by atoms with van der Waals surface area (Å²) in [6.07, 6.45) is 0.309. The van der Waals surface area contributed by atoms with Crippen LogP contribution in [0.5, 0.6) is 0 Å². The van der Waals surface area contributed by atoms with Crippen LogP contribution in [0.4, 0.5) is 4.39 Å². The number of hydrogen-bond donors (Lipinski definition) is 1. The number of rotatable bonds is 3. The van der Waals surface area contributed by atoms with Crippen LogP contribution in [-0.2, 0) is 11.0 Å². The highest BCUT2D eigenvalue weighted by molar-refractivity contribution is 7.82. The van der Waals surface area contributed by atoms with E-state index in [1.165, 1.54) is 0 Å². The van der Waals surface area contributed by atoms with E-state index in [2.05, 4.69) is 0 Å². The van der Waals surface area contributed by atoms with Crippen molar-refractivity contribution in [1.29, 1.82) is 0 Å². The first kappa shape index (κ1) is 7.04. The Bertz CT molecular complexity index is 68.0. The van der Waals surface area contributed by atoms with Gasteiger partial charge in [-0.1, -0.05) is 0 Å². The number of halogens is 1. The molecule has 4 heteroatoms. The molecule has 2 nitrogen and oxygen atoms in total. The lowest BCUT2D eigenvalue weighted by atomic mass is 10.6. The molecule has 0 bridgehead atoms. The summed E-state index contributed by atoms with van der Waals surface area (Å²) >= 11 is 0. The molecule has 0 aromatic rings. The van der Waals surface area contributed by atoms with E-state index >= 15 is 0 Å². The molecule has 7 heavy (non-hydrogen) atoms. The minimum atomic E-state index is -1.31. The van der Waals surface area contributed by atoms with Gasteiger partial charge in [-0.15, -0.1) is 0 Å². The van der Waals surface area contributed by atoms with Gasteiger partial charge in [0.1, 0.15) is 0 Å². The second-order valence-electron chi connectivity index (χ2n) is 1.13. The summed E-state index contributed by atoms with van der Waals surface area (Å²) in [5.41, 5.74) is 0. The summed E-state index contributed by atoms with van der Waals surface area (Å²) in [5.74, 6) is 0.274. The fraction of sp³-hybridized carbons (Fsp3) is 1.00. The molecule has 1 unspecified atom stereocenters. The Morgan fingerprint density at radius 3 is 2.43 bits per heavy atom. The highest BCUT2D eigenvalue weighted by Gasteiger charge is 1.87. The average Bonchev–Trinajstić information content (AvgIpc) is 1.61. The van der Waals surface area contributed by atoms with E-state index < -0.39 is 17.7 Å². The standard InChI is InChI=1S/C3H8FNOS/c4-2-1-3-7(5)6/h1-3,5H2. The van der Waals surface area contributed by atoms with Crippen LogP contribution in [-0.4, -0.2) is 16.6 Å². The molecule has 0 amide bonds. The van der Waals surface area contributed by atoms with Gasteiger partial charge in [-0.3, -0.25) is 9.53 Å². The maximum atomic E-state index is 11.2. The zero-order valence-corrected chi connectivity index (χ0v) is 4.71. The second-order valence-corrected chi connectivity index (χ2v) is 2.30. The molecule has 0 aliphatic heterocycles. The minimum Gasteiger partial charge on any atom is -0.252 e. The SMILES string of the molecule is NS(=O)CCCF. The van der Waals surface area contributed by atoms with E-state index in [9.17, 15) is 8.60 Å². The molecular formula is C3H8FNOS. The fourth-order valence-corrected chi connectivity index (χ4v) is 0.590. The predicted octanol–water partition coefficient (Wildman–Crippen LogP) is -0.0316. The molecule has 0 aliphatic rings. The van der Waals surface area contributed by atoms with Gasteiger partial charge >= 0.3 is 0 Å². The Balaban J connectivity index is 2.82. The van der Waals surface area contributed by atoms with Crippen molar-refractivity contribution in [3.63, 3.8) is 0 Å². The zero-order chi connectivity index (χ0) is 5.70. The van der Waals surface area contributed by atoms with Crippen LogP contribution in [0, 0.1) is 0 Å². The Kier molecular flexibility index (Phi) is 4.23. The summed E-state index contributed by atoms with van der Waals surface area (Å²) in [6.45, 7) is -0.428. The Morgan fingerprint density at radius 2 is 2.29 bits per heavy atom. The largest absolute Gasteiger partial charge is 0.252 e. The van der Waals surface area contributed by atoms with Gasteiger partial charge in [-0.25, -0.2) is 4.21 Å². The molecule has 0 saturated carbocycles. The molecule has 0 spiro atoms. The summed E-state index contributed by atoms with van der Waals surface area (Å²) in [7, 11) is -1.31. The lowest BCUT2D eigenvalue weighted by Gasteiger charge is -1.86. The minimum absolute atomic E-state index is 0.274. The van der Waals surface area contributed by atoms with Crippen molar-refractivity contribution >= 4 is 11.0 Å². The third-order valence-electron chi connectivity index (χ3n) is 0.479. The Hall–Kier alpha value is 0.0400. The molecule has 0 heterocycles. The molecule has 0 aromatic carbocycles. The molecule has 0 radical (unpaired) electrons. The smallest absolute Gasteiger partial charge is 0.0903 e. The van der Waals surface area contributed by atoms with Gasteiger partial charge < -0.3 is 0 Å². The number of alkyl halides is 1. The van der Waals surface area contributed by atoms with Crippen LogP contribution in [0.15, 0.2) is 0 Å². The quantitative estimate of drug-likeness (QED) is 0.565. The number of hydrogen-bond acceptors (Lipinski definition) is 1. The van der Waals surface area contributed by atoms with Crippen molar-refractivity contribution in [1.82, 2.24) is 0 Å². The van der Waals surface area contributed by atoms with E-state index in [1.807, 2.05) is 0 Å². The molecule has 0 aliphatic carbocycles. The maximum absolute atomic E-state index is 11.2. The van der Waals surface area contributed by atoms with Crippen LogP contribution >= 0.6 is 0 Å².